The van der Waals surface area contributed by atoms with Gasteiger partial charge in [0, 0.05) is 55.2 Å². The number of hydrogen-bond acceptors (Lipinski definition) is 8. The van der Waals surface area contributed by atoms with Crippen LogP contribution < -0.4 is 10.5 Å². The molecule has 4 aromatic heterocycles. The molecule has 4 aromatic rings. The molecule has 0 spiro atoms. The lowest BCUT2D eigenvalue weighted by Crippen LogP contribution is -2.34. The highest BCUT2D eigenvalue weighted by Gasteiger charge is 2.59. The number of hydrogen-bond donors (Lipinski definition) is 1. The third kappa shape index (κ3) is 4.19. The van der Waals surface area contributed by atoms with Crippen molar-refractivity contribution in [2.75, 3.05) is 13.1 Å². The number of nitrogens with two attached hydrogens (primary N) is 1. The number of aromatic nitrogens is 6. The van der Waals surface area contributed by atoms with E-state index in [1.807, 2.05) is 53.2 Å². The monoisotopic (exact) mass is 530 g/mol. The molecule has 5 heterocycles. The number of carbonyl (C=O) groups is 1. The van der Waals surface area contributed by atoms with Crippen molar-refractivity contribution in [1.29, 1.82) is 0 Å². The zero-order chi connectivity index (χ0) is 26.2. The van der Waals surface area contributed by atoms with Gasteiger partial charge in [0.1, 0.15) is 23.2 Å². The zero-order valence-electron chi connectivity index (χ0n) is 21.6. The van der Waals surface area contributed by atoms with E-state index in [2.05, 4.69) is 21.4 Å². The summed E-state index contributed by atoms with van der Waals surface area (Å²) in [6.45, 7) is 5.26. The normalized spacial score (nSPS) is 22.5. The Balaban J connectivity index is 1.05. The summed E-state index contributed by atoms with van der Waals surface area (Å²) in [5, 5.41) is 11.0. The SMILES string of the molecule is Cn1nc(-c2cscn2)cc1C(=O)N1C[C@@H]2C(Oc3cc(C(C)(C)N)cc(-n4cc(C5CC5)cn4)n3)[C@@H]2C1. The van der Waals surface area contributed by atoms with Gasteiger partial charge in [-0.15, -0.1) is 11.3 Å². The van der Waals surface area contributed by atoms with Gasteiger partial charge in [0.2, 0.25) is 5.88 Å². The molecular formula is C27H30N8O2S. The summed E-state index contributed by atoms with van der Waals surface area (Å²) in [6, 6.07) is 5.74. The van der Waals surface area contributed by atoms with Crippen LogP contribution in [-0.4, -0.2) is 59.5 Å². The van der Waals surface area contributed by atoms with Crippen LogP contribution in [0, 0.1) is 11.8 Å². The number of likely N-dealkylation sites (tertiary alicyclic amines) is 1. The minimum absolute atomic E-state index is 0.00938. The Bertz CT molecular complexity index is 1500. The fourth-order valence-corrected chi connectivity index (χ4v) is 5.92. The Hall–Kier alpha value is -3.57. The van der Waals surface area contributed by atoms with Crippen LogP contribution in [0.3, 0.4) is 0 Å². The van der Waals surface area contributed by atoms with E-state index in [4.69, 9.17) is 15.5 Å². The first-order chi connectivity index (χ1) is 18.2. The molecule has 3 aliphatic rings. The van der Waals surface area contributed by atoms with Crippen molar-refractivity contribution in [3.63, 3.8) is 0 Å². The lowest BCUT2D eigenvalue weighted by atomic mass is 9.96. The maximum Gasteiger partial charge on any atom is 0.272 e. The van der Waals surface area contributed by atoms with Crippen molar-refractivity contribution < 1.29 is 9.53 Å². The number of amides is 1. The van der Waals surface area contributed by atoms with E-state index in [9.17, 15) is 4.79 Å². The van der Waals surface area contributed by atoms with Crippen molar-refractivity contribution in [2.24, 2.45) is 24.6 Å². The number of aryl methyl sites for hydroxylation is 1. The predicted octanol–water partition coefficient (Wildman–Crippen LogP) is 3.34. The highest BCUT2D eigenvalue weighted by molar-refractivity contribution is 7.07. The van der Waals surface area contributed by atoms with E-state index in [1.54, 1.807) is 17.2 Å². The summed E-state index contributed by atoms with van der Waals surface area (Å²) in [4.78, 5) is 24.3. The summed E-state index contributed by atoms with van der Waals surface area (Å²) in [5.74, 6) is 2.45. The predicted molar refractivity (Wildman–Crippen MR) is 142 cm³/mol. The summed E-state index contributed by atoms with van der Waals surface area (Å²) in [6.07, 6.45) is 6.47. The van der Waals surface area contributed by atoms with Crippen LogP contribution in [0.15, 0.2) is 41.5 Å². The molecule has 38 heavy (non-hydrogen) atoms. The standard InChI is InChI=1S/C27H30N8O2S/c1-27(2,28)17-6-23(35-10-16(9-30-35)15-4-5-15)31-24(7-17)37-25-18-11-34(12-19(18)25)26(36)22-8-20(32-33(22)3)21-13-38-14-29-21/h6-10,13-15,18-19,25H,4-5,11-12,28H2,1-3H3/t18-,19+,25?. The van der Waals surface area contributed by atoms with Crippen LogP contribution in [0.25, 0.3) is 17.2 Å². The van der Waals surface area contributed by atoms with Gasteiger partial charge >= 0.3 is 0 Å². The van der Waals surface area contributed by atoms with Gasteiger partial charge in [-0.1, -0.05) is 0 Å². The van der Waals surface area contributed by atoms with Crippen LogP contribution >= 0.6 is 11.3 Å². The Kier molecular flexibility index (Phi) is 5.25. The lowest BCUT2D eigenvalue weighted by Gasteiger charge is -2.22. The van der Waals surface area contributed by atoms with Crippen molar-refractivity contribution in [3.8, 4) is 23.1 Å². The van der Waals surface area contributed by atoms with Gasteiger partial charge in [-0.05, 0) is 55.9 Å². The van der Waals surface area contributed by atoms with Gasteiger partial charge in [-0.2, -0.15) is 15.2 Å². The summed E-state index contributed by atoms with van der Waals surface area (Å²) in [5.41, 5.74) is 11.9. The zero-order valence-corrected chi connectivity index (χ0v) is 22.4. The minimum Gasteiger partial charge on any atom is -0.474 e. The molecule has 3 fully saturated rings. The Morgan fingerprint density at radius 1 is 1.16 bits per heavy atom. The molecule has 3 atom stereocenters. The molecule has 0 radical (unpaired) electrons. The number of rotatable bonds is 7. The maximum atomic E-state index is 13.3. The fourth-order valence-electron chi connectivity index (χ4n) is 5.38. The Morgan fingerprint density at radius 2 is 1.95 bits per heavy atom. The number of piperidine rings is 1. The molecule has 0 aromatic carbocycles. The molecule has 7 rings (SSSR count). The van der Waals surface area contributed by atoms with Crippen molar-refractivity contribution >= 4 is 17.2 Å². The Morgan fingerprint density at radius 3 is 2.63 bits per heavy atom. The van der Waals surface area contributed by atoms with E-state index >= 15 is 0 Å². The number of fused-ring (bicyclic) bond motifs is 1. The molecule has 11 heteroatoms. The average Bonchev–Trinajstić information content (AvgIpc) is 3.45. The van der Waals surface area contributed by atoms with Crippen LogP contribution in [0.1, 0.15) is 54.2 Å². The summed E-state index contributed by atoms with van der Waals surface area (Å²) < 4.78 is 9.86. The van der Waals surface area contributed by atoms with E-state index < -0.39 is 5.54 Å². The second kappa shape index (κ2) is 8.47. The van der Waals surface area contributed by atoms with E-state index in [0.29, 0.717) is 42.1 Å². The highest BCUT2D eigenvalue weighted by atomic mass is 32.1. The molecule has 2 N–H and O–H groups in total. The first-order valence-electron chi connectivity index (χ1n) is 13.0. The molecular weight excluding hydrogens is 500 g/mol. The quantitative estimate of drug-likeness (QED) is 0.389. The summed E-state index contributed by atoms with van der Waals surface area (Å²) in [7, 11) is 1.80. The molecule has 1 unspecified atom stereocenters. The van der Waals surface area contributed by atoms with Crippen LogP contribution in [0.5, 0.6) is 5.88 Å². The largest absolute Gasteiger partial charge is 0.474 e. The average molecular weight is 531 g/mol. The van der Waals surface area contributed by atoms with E-state index in [1.165, 1.54) is 29.7 Å². The van der Waals surface area contributed by atoms with Crippen LogP contribution in [0.4, 0.5) is 0 Å². The topological polar surface area (TPSA) is 117 Å². The number of pyridine rings is 1. The van der Waals surface area contributed by atoms with Gasteiger partial charge in [-0.3, -0.25) is 9.48 Å². The van der Waals surface area contributed by atoms with Gasteiger partial charge in [0.25, 0.3) is 5.91 Å². The molecule has 1 saturated heterocycles. The number of thiazole rings is 1. The number of carbonyl (C=O) groups excluding carboxylic acids is 1. The second-order valence-corrected chi connectivity index (χ2v) is 12.0. The smallest absolute Gasteiger partial charge is 0.272 e. The van der Waals surface area contributed by atoms with E-state index in [0.717, 1.165) is 11.3 Å². The van der Waals surface area contributed by atoms with Gasteiger partial charge in [-0.25, -0.2) is 9.67 Å². The number of ether oxygens (including phenoxy) is 1. The Labute approximate surface area is 224 Å². The molecule has 1 amide bonds. The first kappa shape index (κ1) is 23.5. The number of nitrogens with zero attached hydrogens (tertiary/aromatic N) is 7. The third-order valence-corrected chi connectivity index (χ3v) is 8.46. The first-order valence-corrected chi connectivity index (χ1v) is 13.9. The highest BCUT2D eigenvalue weighted by Crippen LogP contribution is 2.48. The van der Waals surface area contributed by atoms with Crippen LogP contribution in [-0.2, 0) is 12.6 Å². The molecule has 2 aliphatic carbocycles. The maximum absolute atomic E-state index is 13.3. The van der Waals surface area contributed by atoms with E-state index in [-0.39, 0.29) is 23.8 Å². The molecule has 2 saturated carbocycles. The van der Waals surface area contributed by atoms with Crippen molar-refractivity contribution in [3.05, 3.63) is 58.3 Å². The van der Waals surface area contributed by atoms with Crippen molar-refractivity contribution in [1.82, 2.24) is 34.4 Å². The second-order valence-electron chi connectivity index (χ2n) is 11.3. The van der Waals surface area contributed by atoms with Gasteiger partial charge < -0.3 is 15.4 Å². The molecule has 1 aliphatic heterocycles. The molecule has 0 bridgehead atoms. The molecule has 10 nitrogen and oxygen atoms in total. The summed E-state index contributed by atoms with van der Waals surface area (Å²) >= 11 is 1.51. The van der Waals surface area contributed by atoms with Crippen molar-refractivity contribution in [2.45, 2.75) is 44.2 Å². The van der Waals surface area contributed by atoms with Crippen LogP contribution in [0.2, 0.25) is 0 Å². The third-order valence-electron chi connectivity index (χ3n) is 7.87. The van der Waals surface area contributed by atoms with Gasteiger partial charge in [0.05, 0.1) is 11.7 Å². The fraction of sp³-hybridized carbons (Fsp3) is 0.444. The van der Waals surface area contributed by atoms with Gasteiger partial charge in [0.15, 0.2) is 5.82 Å². The molecule has 196 valence electrons. The minimum atomic E-state index is -0.550. The lowest BCUT2D eigenvalue weighted by molar-refractivity contribution is 0.0740.